The summed E-state index contributed by atoms with van der Waals surface area (Å²) in [6.07, 6.45) is 0.398. The first kappa shape index (κ1) is 20.2. The summed E-state index contributed by atoms with van der Waals surface area (Å²) in [7, 11) is 0. The Labute approximate surface area is 179 Å². The van der Waals surface area contributed by atoms with E-state index in [1.807, 2.05) is 4.90 Å². The molecule has 0 aromatic heterocycles. The maximum atomic E-state index is 14.9. The first-order valence-corrected chi connectivity index (χ1v) is 10.8. The van der Waals surface area contributed by atoms with Gasteiger partial charge in [0.15, 0.2) is 0 Å². The molecule has 3 amide bonds. The Morgan fingerprint density at radius 1 is 1.23 bits per heavy atom. The van der Waals surface area contributed by atoms with E-state index in [-0.39, 0.29) is 54.6 Å². The second-order valence-electron chi connectivity index (χ2n) is 8.86. The Hall–Kier alpha value is -2.68. The molecule has 2 unspecified atom stereocenters. The van der Waals surface area contributed by atoms with Crippen LogP contribution in [0.25, 0.3) is 0 Å². The molecule has 5 rings (SSSR count). The van der Waals surface area contributed by atoms with Crippen LogP contribution in [-0.4, -0.2) is 67.8 Å². The molecular weight excluding hydrogens is 405 g/mol. The number of benzene rings is 1. The smallest absolute Gasteiger partial charge is 0.414 e. The van der Waals surface area contributed by atoms with Gasteiger partial charge in [0.2, 0.25) is 5.91 Å². The van der Waals surface area contributed by atoms with Crippen LogP contribution in [0, 0.1) is 17.7 Å². The van der Waals surface area contributed by atoms with Crippen molar-refractivity contribution in [2.24, 2.45) is 11.8 Å². The van der Waals surface area contributed by atoms with Crippen LogP contribution in [0.4, 0.5) is 14.9 Å². The van der Waals surface area contributed by atoms with Crippen molar-refractivity contribution in [2.75, 3.05) is 37.7 Å². The summed E-state index contributed by atoms with van der Waals surface area (Å²) in [5.41, 5.74) is 1.09. The molecule has 8 nitrogen and oxygen atoms in total. The first-order valence-electron chi connectivity index (χ1n) is 10.8. The number of rotatable bonds is 5. The van der Waals surface area contributed by atoms with E-state index in [9.17, 15) is 18.8 Å². The molecule has 0 bridgehead atoms. The van der Waals surface area contributed by atoms with Gasteiger partial charge < -0.3 is 19.7 Å². The normalized spacial score (nSPS) is 31.5. The van der Waals surface area contributed by atoms with Crippen LogP contribution in [0.2, 0.25) is 0 Å². The average molecular weight is 431 g/mol. The molecule has 1 saturated carbocycles. The molecule has 4 aliphatic rings. The number of carbonyl (C=O) groups is 3. The lowest BCUT2D eigenvalue weighted by Gasteiger charge is -2.23. The lowest BCUT2D eigenvalue weighted by atomic mass is 10.0. The first-order chi connectivity index (χ1) is 14.9. The molecule has 1 aromatic rings. The van der Waals surface area contributed by atoms with E-state index in [0.717, 1.165) is 12.8 Å². The fraction of sp³-hybridized carbons (Fsp3) is 0.591. The molecule has 1 aromatic carbocycles. The Bertz CT molecular complexity index is 906. The minimum absolute atomic E-state index is 0.0700. The number of ether oxygens (including phenoxy) is 2. The molecular formula is C22H26FN3O5. The largest absolute Gasteiger partial charge is 0.442 e. The third kappa shape index (κ3) is 3.75. The summed E-state index contributed by atoms with van der Waals surface area (Å²) in [4.78, 5) is 39.0. The molecule has 31 heavy (non-hydrogen) atoms. The molecule has 9 heteroatoms. The van der Waals surface area contributed by atoms with Crippen molar-refractivity contribution in [2.45, 2.75) is 37.9 Å². The molecule has 3 heterocycles. The highest BCUT2D eigenvalue weighted by atomic mass is 19.1. The minimum Gasteiger partial charge on any atom is -0.442 e. The SMILES string of the molecule is CC(=O)NC[C@H]1CN(c2ccc(C3[C@H]4CN(C(=O)C5CCCO5)C[C@@H]34)c(F)c2)C(=O)O1. The number of carbonyl (C=O) groups excluding carboxylic acids is 3. The Kier molecular flexibility index (Phi) is 5.08. The maximum absolute atomic E-state index is 14.9. The Morgan fingerprint density at radius 2 is 2.00 bits per heavy atom. The topological polar surface area (TPSA) is 88.2 Å². The number of nitrogens with zero attached hydrogens (tertiary/aromatic N) is 2. The number of amides is 3. The van der Waals surface area contributed by atoms with Crippen LogP contribution in [0.15, 0.2) is 18.2 Å². The summed E-state index contributed by atoms with van der Waals surface area (Å²) in [6.45, 7) is 3.83. The third-order valence-electron chi connectivity index (χ3n) is 6.82. The Balaban J connectivity index is 1.20. The molecule has 0 radical (unpaired) electrons. The zero-order valence-electron chi connectivity index (χ0n) is 17.4. The van der Waals surface area contributed by atoms with E-state index in [1.165, 1.54) is 17.9 Å². The number of hydrogen-bond donors (Lipinski definition) is 1. The highest BCUT2D eigenvalue weighted by molar-refractivity contribution is 5.90. The van der Waals surface area contributed by atoms with Crippen LogP contribution >= 0.6 is 0 Å². The van der Waals surface area contributed by atoms with Gasteiger partial charge in [-0.2, -0.15) is 0 Å². The van der Waals surface area contributed by atoms with Gasteiger partial charge in [-0.3, -0.25) is 14.5 Å². The Morgan fingerprint density at radius 3 is 2.65 bits per heavy atom. The number of piperidine rings is 1. The monoisotopic (exact) mass is 431 g/mol. The molecule has 1 aliphatic carbocycles. The van der Waals surface area contributed by atoms with E-state index >= 15 is 0 Å². The minimum atomic E-state index is -0.547. The fourth-order valence-corrected chi connectivity index (χ4v) is 5.19. The van der Waals surface area contributed by atoms with Crippen molar-refractivity contribution in [1.82, 2.24) is 10.2 Å². The zero-order valence-corrected chi connectivity index (χ0v) is 17.4. The van der Waals surface area contributed by atoms with Crippen molar-refractivity contribution in [3.63, 3.8) is 0 Å². The molecule has 3 aliphatic heterocycles. The van der Waals surface area contributed by atoms with Gasteiger partial charge in [-0.1, -0.05) is 6.07 Å². The summed E-state index contributed by atoms with van der Waals surface area (Å²) in [6, 6.07) is 4.86. The maximum Gasteiger partial charge on any atom is 0.414 e. The van der Waals surface area contributed by atoms with Crippen molar-refractivity contribution in [3.8, 4) is 0 Å². The summed E-state index contributed by atoms with van der Waals surface area (Å²) in [5.74, 6) is 0.207. The van der Waals surface area contributed by atoms with Crippen LogP contribution in [0.3, 0.4) is 0 Å². The van der Waals surface area contributed by atoms with Gasteiger partial charge in [-0.25, -0.2) is 9.18 Å². The number of anilines is 1. The second-order valence-corrected chi connectivity index (χ2v) is 8.86. The van der Waals surface area contributed by atoms with Gasteiger partial charge in [0.05, 0.1) is 18.8 Å². The summed E-state index contributed by atoms with van der Waals surface area (Å²) in [5, 5.41) is 2.62. The molecule has 5 atom stereocenters. The van der Waals surface area contributed by atoms with Crippen molar-refractivity contribution in [1.29, 1.82) is 0 Å². The molecule has 3 saturated heterocycles. The molecule has 1 N–H and O–H groups in total. The predicted molar refractivity (Wildman–Crippen MR) is 108 cm³/mol. The van der Waals surface area contributed by atoms with E-state index in [2.05, 4.69) is 5.32 Å². The highest BCUT2D eigenvalue weighted by Gasteiger charge is 2.58. The summed E-state index contributed by atoms with van der Waals surface area (Å²) >= 11 is 0. The van der Waals surface area contributed by atoms with Gasteiger partial charge in [0.1, 0.15) is 18.0 Å². The molecule has 166 valence electrons. The van der Waals surface area contributed by atoms with E-state index in [0.29, 0.717) is 30.9 Å². The van der Waals surface area contributed by atoms with Crippen LogP contribution in [0.1, 0.15) is 31.2 Å². The van der Waals surface area contributed by atoms with Gasteiger partial charge in [-0.05, 0) is 48.3 Å². The van der Waals surface area contributed by atoms with Gasteiger partial charge in [0.25, 0.3) is 5.91 Å². The van der Waals surface area contributed by atoms with Crippen LogP contribution in [0.5, 0.6) is 0 Å². The average Bonchev–Trinajstić information content (AvgIpc) is 3.21. The lowest BCUT2D eigenvalue weighted by Crippen LogP contribution is -2.39. The van der Waals surface area contributed by atoms with Gasteiger partial charge in [0, 0.05) is 26.6 Å². The lowest BCUT2D eigenvalue weighted by molar-refractivity contribution is -0.140. The van der Waals surface area contributed by atoms with E-state index in [1.54, 1.807) is 12.1 Å². The molecule has 4 fully saturated rings. The summed E-state index contributed by atoms with van der Waals surface area (Å²) < 4.78 is 25.7. The zero-order chi connectivity index (χ0) is 21.7. The third-order valence-corrected chi connectivity index (χ3v) is 6.82. The molecule has 0 spiro atoms. The van der Waals surface area contributed by atoms with Crippen molar-refractivity contribution < 1.29 is 28.2 Å². The van der Waals surface area contributed by atoms with E-state index in [4.69, 9.17) is 9.47 Å². The number of halogens is 1. The van der Waals surface area contributed by atoms with Crippen molar-refractivity contribution >= 4 is 23.6 Å². The predicted octanol–water partition coefficient (Wildman–Crippen LogP) is 1.64. The fourth-order valence-electron chi connectivity index (χ4n) is 5.19. The quantitative estimate of drug-likeness (QED) is 0.766. The van der Waals surface area contributed by atoms with Crippen LogP contribution in [-0.2, 0) is 19.1 Å². The van der Waals surface area contributed by atoms with Gasteiger partial charge in [-0.15, -0.1) is 0 Å². The van der Waals surface area contributed by atoms with E-state index < -0.39 is 12.2 Å². The number of likely N-dealkylation sites (tertiary alicyclic amines) is 1. The van der Waals surface area contributed by atoms with Crippen molar-refractivity contribution in [3.05, 3.63) is 29.6 Å². The highest BCUT2D eigenvalue weighted by Crippen LogP contribution is 2.59. The van der Waals surface area contributed by atoms with Gasteiger partial charge >= 0.3 is 6.09 Å². The number of cyclic esters (lactones) is 1. The number of hydrogen-bond acceptors (Lipinski definition) is 5. The number of fused-ring (bicyclic) bond motifs is 1. The second kappa shape index (κ2) is 7.78. The van der Waals surface area contributed by atoms with Crippen LogP contribution < -0.4 is 10.2 Å². The standard InChI is InChI=1S/C22H26FN3O5/c1-12(27)24-8-14-9-26(22(29)31-14)13-4-5-15(18(23)7-13)20-16-10-25(11-17(16)20)21(28)19-3-2-6-30-19/h4-5,7,14,16-17,19-20H,2-3,6,8-11H2,1H3,(H,24,27)/t14-,16-,17+,19?,20?/m0/s1. The number of nitrogens with one attached hydrogen (secondary N) is 1.